The van der Waals surface area contributed by atoms with E-state index in [1.165, 1.54) is 11.3 Å². The average Bonchev–Trinajstić information content (AvgIpc) is 3.41. The Kier molecular flexibility index (Phi) is 16.9. The van der Waals surface area contributed by atoms with Crippen molar-refractivity contribution in [1.82, 2.24) is 20.3 Å². The number of hydrogen-bond acceptors (Lipinski definition) is 7. The lowest BCUT2D eigenvalue weighted by Gasteiger charge is -2.23. The lowest BCUT2D eigenvalue weighted by atomic mass is 10.1. The summed E-state index contributed by atoms with van der Waals surface area (Å²) in [5.74, 6) is -1.55. The lowest BCUT2D eigenvalue weighted by Crippen LogP contribution is -2.49. The Morgan fingerprint density at radius 2 is 1.62 bits per heavy atom. The highest BCUT2D eigenvalue weighted by Gasteiger charge is 2.33. The number of terminal acetylenes is 1. The third kappa shape index (κ3) is 13.5. The van der Waals surface area contributed by atoms with Crippen LogP contribution in [0.25, 0.3) is 10.8 Å². The van der Waals surface area contributed by atoms with Crippen LogP contribution in [0.15, 0.2) is 42.5 Å². The molecule has 1 saturated heterocycles. The number of benzene rings is 2. The number of nitrogens with one attached hydrogen (secondary N) is 3. The predicted molar refractivity (Wildman–Crippen MR) is 155 cm³/mol. The van der Waals surface area contributed by atoms with Crippen LogP contribution in [-0.4, -0.2) is 75.2 Å². The van der Waals surface area contributed by atoms with Gasteiger partial charge >= 0.3 is 0 Å². The van der Waals surface area contributed by atoms with E-state index in [9.17, 15) is 32.4 Å². The van der Waals surface area contributed by atoms with Gasteiger partial charge in [0, 0.05) is 19.0 Å². The van der Waals surface area contributed by atoms with Crippen LogP contribution in [0.2, 0.25) is 0 Å². The smallest absolute Gasteiger partial charge is 0.251 e. The molecule has 2 aromatic carbocycles. The molecular weight excluding hydrogens is 536 g/mol. The first-order valence-electron chi connectivity index (χ1n) is 12.5. The van der Waals surface area contributed by atoms with Gasteiger partial charge in [0.25, 0.3) is 5.91 Å². The van der Waals surface area contributed by atoms with Gasteiger partial charge in [0.05, 0.1) is 19.3 Å². The first-order chi connectivity index (χ1) is 18.9. The molecule has 1 aliphatic rings. The molecule has 1 atom stereocenters. The molecule has 11 nitrogen and oxygen atoms in total. The quantitative estimate of drug-likeness (QED) is 0.335. The zero-order valence-electron chi connectivity index (χ0n) is 23.3. The minimum Gasteiger partial charge on any atom is -0.348 e. The summed E-state index contributed by atoms with van der Waals surface area (Å²) in [5.41, 5.74) is 0.475. The number of carbonyl (C=O) groups excluding carboxylic acids is 5. The number of hydrogen-bond donors (Lipinski definition) is 3. The molecular formula is C28H38N4O7S. The fourth-order valence-electron chi connectivity index (χ4n) is 3.55. The predicted octanol–water partition coefficient (Wildman–Crippen LogP) is 1.62. The van der Waals surface area contributed by atoms with Crippen LogP contribution >= 0.6 is 0 Å². The first kappa shape index (κ1) is 35.8. The van der Waals surface area contributed by atoms with E-state index in [-0.39, 0.29) is 30.8 Å². The summed E-state index contributed by atoms with van der Waals surface area (Å²) in [6, 6.07) is 12.5. The molecule has 0 bridgehead atoms. The summed E-state index contributed by atoms with van der Waals surface area (Å²) in [5, 5.41) is 7.08. The molecule has 0 saturated carbocycles. The number of sulfonamides is 1. The van der Waals surface area contributed by atoms with E-state index in [1.807, 2.05) is 30.3 Å². The van der Waals surface area contributed by atoms with Crippen molar-refractivity contribution in [2.45, 2.75) is 46.1 Å². The normalized spacial score (nSPS) is 13.6. The van der Waals surface area contributed by atoms with Crippen LogP contribution < -0.4 is 15.4 Å². The second-order valence-electron chi connectivity index (χ2n) is 8.54. The molecule has 3 N–H and O–H groups in total. The van der Waals surface area contributed by atoms with Crippen LogP contribution in [0.5, 0.6) is 0 Å². The van der Waals surface area contributed by atoms with Crippen LogP contribution in [0.1, 0.15) is 50.4 Å². The summed E-state index contributed by atoms with van der Waals surface area (Å²) in [6.07, 6.45) is 12.0. The van der Waals surface area contributed by atoms with Crippen molar-refractivity contribution in [2.24, 2.45) is 0 Å². The second kappa shape index (κ2) is 18.9. The van der Waals surface area contributed by atoms with Gasteiger partial charge in [0.15, 0.2) is 0 Å². The van der Waals surface area contributed by atoms with Crippen molar-refractivity contribution in [1.29, 1.82) is 0 Å². The molecule has 1 fully saturated rings. The van der Waals surface area contributed by atoms with E-state index >= 15 is 0 Å². The molecule has 12 heteroatoms. The number of fused-ring (bicyclic) bond motifs is 1. The summed E-state index contributed by atoms with van der Waals surface area (Å²) in [7, 11) is -3.32. The molecule has 0 unspecified atom stereocenters. The molecule has 218 valence electrons. The highest BCUT2D eigenvalue weighted by molar-refractivity contribution is 7.89. The van der Waals surface area contributed by atoms with Gasteiger partial charge in [-0.1, -0.05) is 50.6 Å². The SMILES string of the molecule is C#C.CC(=O)NS(C)(=O)=O.CCC.O=CCNC(=O)[C@@H]1CCCN1C(=O)CNC(=O)c1ccc2ccccc2c1. The first-order valence-corrected chi connectivity index (χ1v) is 14.4. The van der Waals surface area contributed by atoms with Crippen LogP contribution in [0, 0.1) is 12.8 Å². The Morgan fingerprint density at radius 3 is 2.15 bits per heavy atom. The number of amides is 4. The number of aldehydes is 1. The van der Waals surface area contributed by atoms with Crippen molar-refractivity contribution >= 4 is 50.7 Å². The number of likely N-dealkylation sites (tertiary alicyclic amines) is 1. The Hall–Kier alpha value is -4.24. The van der Waals surface area contributed by atoms with Crippen molar-refractivity contribution in [3.8, 4) is 12.8 Å². The zero-order chi connectivity index (χ0) is 30.7. The second-order valence-corrected chi connectivity index (χ2v) is 10.3. The van der Waals surface area contributed by atoms with Crippen LogP contribution in [0.3, 0.4) is 0 Å². The van der Waals surface area contributed by atoms with Gasteiger partial charge < -0.3 is 20.3 Å². The molecule has 0 radical (unpaired) electrons. The lowest BCUT2D eigenvalue weighted by molar-refractivity contribution is -0.137. The zero-order valence-corrected chi connectivity index (χ0v) is 24.1. The molecule has 1 aliphatic heterocycles. The van der Waals surface area contributed by atoms with Gasteiger partial charge in [-0.25, -0.2) is 8.42 Å². The Labute approximate surface area is 236 Å². The Morgan fingerprint density at radius 1 is 1.02 bits per heavy atom. The number of rotatable bonds is 7. The van der Waals surface area contributed by atoms with Crippen LogP contribution in [0.4, 0.5) is 0 Å². The van der Waals surface area contributed by atoms with E-state index in [4.69, 9.17) is 0 Å². The summed E-state index contributed by atoms with van der Waals surface area (Å²) < 4.78 is 21.9. The van der Waals surface area contributed by atoms with Gasteiger partial charge in [-0.3, -0.25) is 23.9 Å². The van der Waals surface area contributed by atoms with Crippen molar-refractivity contribution < 1.29 is 32.4 Å². The highest BCUT2D eigenvalue weighted by Crippen LogP contribution is 2.18. The van der Waals surface area contributed by atoms with E-state index < -0.39 is 22.0 Å². The maximum absolute atomic E-state index is 12.4. The maximum atomic E-state index is 12.4. The Bertz CT molecular complexity index is 1280. The van der Waals surface area contributed by atoms with E-state index in [0.29, 0.717) is 31.2 Å². The minimum atomic E-state index is -3.32. The standard InChI is InChI=1S/C20H21N3O4.C3H7NO3S.C3H8.C2H2/c24-11-9-21-20(27)17-6-3-10-23(17)18(25)13-22-19(26)16-8-7-14-4-1-2-5-15(14)12-16;1-3(5)4-8(2,6)7;1-3-2;1-2/h1-2,4-5,7-8,11-12,17H,3,6,9-10,13H2,(H,21,27)(H,22,26);1-2H3,(H,4,5);3H2,1-2H3;1-2H/t17-;;;/m0.../s1. The molecule has 1 heterocycles. The van der Waals surface area contributed by atoms with Gasteiger partial charge in [-0.2, -0.15) is 0 Å². The molecule has 2 aromatic rings. The monoisotopic (exact) mass is 574 g/mol. The third-order valence-electron chi connectivity index (χ3n) is 4.98. The summed E-state index contributed by atoms with van der Waals surface area (Å²) >= 11 is 0. The molecule has 0 aliphatic carbocycles. The van der Waals surface area contributed by atoms with Crippen molar-refractivity contribution in [3.05, 3.63) is 48.0 Å². The van der Waals surface area contributed by atoms with Gasteiger partial charge in [-0.05, 0) is 35.7 Å². The summed E-state index contributed by atoms with van der Waals surface area (Å²) in [6.45, 7) is 5.60. The van der Waals surface area contributed by atoms with Crippen LogP contribution in [-0.2, 0) is 29.2 Å². The fourth-order valence-corrected chi connectivity index (χ4v) is 4.07. The molecule has 0 spiro atoms. The van der Waals surface area contributed by atoms with Gasteiger partial charge in [-0.15, -0.1) is 12.8 Å². The molecule has 40 heavy (non-hydrogen) atoms. The molecule has 4 amide bonds. The average molecular weight is 575 g/mol. The number of carbonyl (C=O) groups is 5. The van der Waals surface area contributed by atoms with Gasteiger partial charge in [0.1, 0.15) is 12.3 Å². The minimum absolute atomic E-state index is 0.0733. The van der Waals surface area contributed by atoms with Crippen molar-refractivity contribution in [3.63, 3.8) is 0 Å². The fraction of sp³-hybridized carbons (Fsp3) is 0.393. The topological polar surface area (TPSA) is 159 Å². The van der Waals surface area contributed by atoms with E-state index in [2.05, 4.69) is 37.3 Å². The Balaban J connectivity index is 0.000000987. The van der Waals surface area contributed by atoms with E-state index in [0.717, 1.165) is 24.0 Å². The van der Waals surface area contributed by atoms with E-state index in [1.54, 1.807) is 16.9 Å². The van der Waals surface area contributed by atoms with Gasteiger partial charge in [0.2, 0.25) is 27.7 Å². The number of nitrogens with zero attached hydrogens (tertiary/aromatic N) is 1. The third-order valence-corrected chi connectivity index (χ3v) is 5.63. The summed E-state index contributed by atoms with van der Waals surface area (Å²) in [4.78, 5) is 58.7. The van der Waals surface area contributed by atoms with Crippen molar-refractivity contribution in [2.75, 3.05) is 25.9 Å². The highest BCUT2D eigenvalue weighted by atomic mass is 32.2. The maximum Gasteiger partial charge on any atom is 0.251 e. The molecule has 3 rings (SSSR count). The molecule has 0 aromatic heterocycles. The largest absolute Gasteiger partial charge is 0.348 e.